The molecule has 0 aromatic carbocycles. The Bertz CT molecular complexity index is 301. The van der Waals surface area contributed by atoms with E-state index in [1.807, 2.05) is 0 Å². The van der Waals surface area contributed by atoms with Crippen LogP contribution in [0.15, 0.2) is 0 Å². The van der Waals surface area contributed by atoms with Crippen molar-refractivity contribution in [3.8, 4) is 0 Å². The van der Waals surface area contributed by atoms with Crippen LogP contribution in [0.4, 0.5) is 0 Å². The first-order valence-electron chi connectivity index (χ1n) is 5.98. The molecule has 3 aliphatic rings. The van der Waals surface area contributed by atoms with Gasteiger partial charge in [-0.1, -0.05) is 25.7 Å². The van der Waals surface area contributed by atoms with Crippen LogP contribution in [-0.4, -0.2) is 25.8 Å². The Kier molecular flexibility index (Phi) is 1.91. The number of ether oxygens (including phenoxy) is 2. The van der Waals surface area contributed by atoms with Gasteiger partial charge in [0.05, 0.1) is 11.5 Å². The molecule has 3 atom stereocenters. The maximum Gasteiger partial charge on any atom is 0.315 e. The SMILES string of the molecule is CO[C@H]1[C@]23CCCCCC[C@]12C(=O)OC3. The standard InChI is InChI=1S/C12H18O3/c1-14-9-11-6-4-2-3-5-7-12(9,11)10(13)15-8-11/h9H,2-8H2,1H3/t9-,11+,12+/m0/s1. The number of esters is 1. The maximum absolute atomic E-state index is 11.9. The summed E-state index contributed by atoms with van der Waals surface area (Å²) in [5, 5.41) is 0. The fourth-order valence-electron chi connectivity index (χ4n) is 3.99. The quantitative estimate of drug-likeness (QED) is 0.620. The molecule has 0 bridgehead atoms. The van der Waals surface area contributed by atoms with Gasteiger partial charge in [0.1, 0.15) is 12.0 Å². The summed E-state index contributed by atoms with van der Waals surface area (Å²) in [6.07, 6.45) is 7.14. The normalized spacial score (nSPS) is 48.6. The third-order valence-corrected chi connectivity index (χ3v) is 4.76. The van der Waals surface area contributed by atoms with Crippen molar-refractivity contribution >= 4 is 5.97 Å². The summed E-state index contributed by atoms with van der Waals surface area (Å²) in [7, 11) is 1.73. The molecule has 0 aromatic heterocycles. The van der Waals surface area contributed by atoms with Crippen LogP contribution >= 0.6 is 0 Å². The van der Waals surface area contributed by atoms with E-state index >= 15 is 0 Å². The van der Waals surface area contributed by atoms with Crippen LogP contribution in [0.1, 0.15) is 38.5 Å². The Hall–Kier alpha value is -0.570. The maximum atomic E-state index is 11.9. The lowest BCUT2D eigenvalue weighted by atomic mass is 9.84. The zero-order chi connectivity index (χ0) is 10.5. The molecular weight excluding hydrogens is 192 g/mol. The lowest BCUT2D eigenvalue weighted by Gasteiger charge is -2.15. The first-order valence-corrected chi connectivity index (χ1v) is 5.98. The third-order valence-electron chi connectivity index (χ3n) is 4.76. The molecular formula is C12H18O3. The van der Waals surface area contributed by atoms with Gasteiger partial charge in [-0.05, 0) is 12.8 Å². The van der Waals surface area contributed by atoms with Crippen LogP contribution in [-0.2, 0) is 14.3 Å². The molecule has 1 heterocycles. The van der Waals surface area contributed by atoms with Crippen LogP contribution in [0.5, 0.6) is 0 Å². The van der Waals surface area contributed by atoms with Crippen LogP contribution in [0.3, 0.4) is 0 Å². The zero-order valence-electron chi connectivity index (χ0n) is 9.25. The van der Waals surface area contributed by atoms with Gasteiger partial charge in [-0.3, -0.25) is 4.79 Å². The highest BCUT2D eigenvalue weighted by atomic mass is 16.6. The van der Waals surface area contributed by atoms with Gasteiger partial charge >= 0.3 is 5.97 Å². The number of carbonyl (C=O) groups is 1. The first-order chi connectivity index (χ1) is 7.28. The number of methoxy groups -OCH3 is 1. The Morgan fingerprint density at radius 3 is 2.73 bits per heavy atom. The first kappa shape index (κ1) is 9.64. The summed E-state index contributed by atoms with van der Waals surface area (Å²) in [5.41, 5.74) is -0.193. The average Bonchev–Trinajstić information content (AvgIpc) is 2.66. The van der Waals surface area contributed by atoms with E-state index in [4.69, 9.17) is 9.47 Å². The van der Waals surface area contributed by atoms with E-state index in [9.17, 15) is 4.79 Å². The van der Waals surface area contributed by atoms with Crippen molar-refractivity contribution in [1.82, 2.24) is 0 Å². The lowest BCUT2D eigenvalue weighted by molar-refractivity contribution is -0.148. The molecule has 0 aromatic rings. The van der Waals surface area contributed by atoms with Crippen LogP contribution in [0, 0.1) is 10.8 Å². The van der Waals surface area contributed by atoms with E-state index in [2.05, 4.69) is 0 Å². The number of hydrogen-bond acceptors (Lipinski definition) is 3. The van der Waals surface area contributed by atoms with Crippen molar-refractivity contribution < 1.29 is 14.3 Å². The summed E-state index contributed by atoms with van der Waals surface area (Å²) in [4.78, 5) is 11.9. The molecule has 0 spiro atoms. The van der Waals surface area contributed by atoms with E-state index in [0.29, 0.717) is 6.61 Å². The summed E-state index contributed by atoms with van der Waals surface area (Å²) in [5.74, 6) is 0.0104. The van der Waals surface area contributed by atoms with Gasteiger partial charge in [-0.25, -0.2) is 0 Å². The second-order valence-corrected chi connectivity index (χ2v) is 5.23. The Labute approximate surface area is 90.1 Å². The molecule has 15 heavy (non-hydrogen) atoms. The molecule has 2 saturated carbocycles. The second kappa shape index (κ2) is 2.97. The molecule has 84 valence electrons. The number of rotatable bonds is 1. The minimum absolute atomic E-state index is 0.0104. The largest absolute Gasteiger partial charge is 0.464 e. The number of hydrogen-bond donors (Lipinski definition) is 0. The molecule has 1 aliphatic heterocycles. The number of carbonyl (C=O) groups excluding carboxylic acids is 1. The van der Waals surface area contributed by atoms with Gasteiger partial charge in [-0.15, -0.1) is 0 Å². The second-order valence-electron chi connectivity index (χ2n) is 5.23. The monoisotopic (exact) mass is 210 g/mol. The van der Waals surface area contributed by atoms with Crippen molar-refractivity contribution in [2.45, 2.75) is 44.6 Å². The number of cyclic esters (lactones) is 1. The van der Waals surface area contributed by atoms with Crippen molar-refractivity contribution in [3.05, 3.63) is 0 Å². The van der Waals surface area contributed by atoms with Gasteiger partial charge in [-0.2, -0.15) is 0 Å². The van der Waals surface area contributed by atoms with Crippen LogP contribution < -0.4 is 0 Å². The molecule has 0 N–H and O–H groups in total. The smallest absolute Gasteiger partial charge is 0.315 e. The molecule has 3 heteroatoms. The summed E-state index contributed by atoms with van der Waals surface area (Å²) >= 11 is 0. The van der Waals surface area contributed by atoms with E-state index in [1.165, 1.54) is 19.3 Å². The fourth-order valence-corrected chi connectivity index (χ4v) is 3.99. The molecule has 2 aliphatic carbocycles. The molecule has 0 amide bonds. The highest BCUT2D eigenvalue weighted by molar-refractivity contribution is 5.86. The summed E-state index contributed by atoms with van der Waals surface area (Å²) in [6.45, 7) is 0.602. The predicted octanol–water partition coefficient (Wildman–Crippen LogP) is 1.90. The van der Waals surface area contributed by atoms with Crippen LogP contribution in [0.25, 0.3) is 0 Å². The molecule has 0 radical (unpaired) electrons. The highest BCUT2D eigenvalue weighted by Gasteiger charge is 2.84. The van der Waals surface area contributed by atoms with Crippen molar-refractivity contribution in [3.63, 3.8) is 0 Å². The molecule has 0 unspecified atom stereocenters. The van der Waals surface area contributed by atoms with Gasteiger partial charge in [0.25, 0.3) is 0 Å². The van der Waals surface area contributed by atoms with Gasteiger partial charge in [0, 0.05) is 7.11 Å². The van der Waals surface area contributed by atoms with E-state index in [-0.39, 0.29) is 22.9 Å². The molecule has 3 rings (SSSR count). The van der Waals surface area contributed by atoms with Crippen LogP contribution in [0.2, 0.25) is 0 Å². The van der Waals surface area contributed by atoms with Gasteiger partial charge in [0.2, 0.25) is 0 Å². The minimum Gasteiger partial charge on any atom is -0.464 e. The van der Waals surface area contributed by atoms with Crippen molar-refractivity contribution in [2.24, 2.45) is 10.8 Å². The molecule has 3 nitrogen and oxygen atoms in total. The van der Waals surface area contributed by atoms with E-state index in [1.54, 1.807) is 7.11 Å². The summed E-state index contributed by atoms with van der Waals surface area (Å²) in [6, 6.07) is 0. The summed E-state index contributed by atoms with van der Waals surface area (Å²) < 4.78 is 10.8. The molecule has 3 fully saturated rings. The Morgan fingerprint density at radius 1 is 1.27 bits per heavy atom. The fraction of sp³-hybridized carbons (Fsp3) is 0.917. The Morgan fingerprint density at radius 2 is 2.00 bits per heavy atom. The third kappa shape index (κ3) is 0.930. The van der Waals surface area contributed by atoms with E-state index in [0.717, 1.165) is 19.3 Å². The molecule has 1 saturated heterocycles. The van der Waals surface area contributed by atoms with E-state index < -0.39 is 0 Å². The zero-order valence-corrected chi connectivity index (χ0v) is 9.25. The topological polar surface area (TPSA) is 35.5 Å². The van der Waals surface area contributed by atoms with Gasteiger partial charge in [0.15, 0.2) is 0 Å². The average molecular weight is 210 g/mol. The predicted molar refractivity (Wildman–Crippen MR) is 54.3 cm³/mol. The minimum atomic E-state index is -0.248. The van der Waals surface area contributed by atoms with Gasteiger partial charge < -0.3 is 9.47 Å². The van der Waals surface area contributed by atoms with Crippen molar-refractivity contribution in [1.29, 1.82) is 0 Å². The Balaban J connectivity index is 1.95. The highest BCUT2D eigenvalue weighted by Crippen LogP contribution is 2.74. The van der Waals surface area contributed by atoms with Crippen molar-refractivity contribution in [2.75, 3.05) is 13.7 Å². The lowest BCUT2D eigenvalue weighted by Crippen LogP contribution is -2.21.